The van der Waals surface area contributed by atoms with Gasteiger partial charge in [0.1, 0.15) is 5.82 Å². The van der Waals surface area contributed by atoms with E-state index in [4.69, 9.17) is 4.18 Å². The molecule has 3 N–H and O–H groups in total. The van der Waals surface area contributed by atoms with Gasteiger partial charge in [0.2, 0.25) is 17.0 Å². The zero-order valence-electron chi connectivity index (χ0n) is 11.7. The fourth-order valence-electron chi connectivity index (χ4n) is 1.25. The molecule has 9 nitrogen and oxygen atoms in total. The molecular formula is C10H16N4O5S2. The molecule has 0 spiro atoms. The molecule has 118 valence electrons. The molecule has 1 aromatic rings. The van der Waals surface area contributed by atoms with E-state index in [1.54, 1.807) is 6.92 Å². The third-order valence-corrected chi connectivity index (χ3v) is 3.55. The SMILES string of the molecule is CCNC(=O)NNc1cc(S(C)(=O)=O)cc(OS(C)=O)n1. The molecular weight excluding hydrogens is 320 g/mol. The van der Waals surface area contributed by atoms with Gasteiger partial charge in [-0.3, -0.25) is 10.9 Å². The van der Waals surface area contributed by atoms with Crippen LogP contribution in [0.15, 0.2) is 17.0 Å². The molecule has 1 rings (SSSR count). The van der Waals surface area contributed by atoms with E-state index in [9.17, 15) is 17.4 Å². The highest BCUT2D eigenvalue weighted by molar-refractivity contribution is 7.90. The first-order chi connectivity index (χ1) is 9.72. The standard InChI is InChI=1S/C10H16N4O5S2/c1-4-11-10(15)14-13-8-5-7(21(3,17)18)6-9(12-8)19-20(2)16/h5-6H,4H2,1-3H3,(H,12,13)(H2,11,14,15). The molecule has 0 saturated heterocycles. The third kappa shape index (κ3) is 5.95. The summed E-state index contributed by atoms with van der Waals surface area (Å²) in [7, 11) is -3.52. The molecule has 11 heteroatoms. The Bertz CT molecular complexity index is 647. The van der Waals surface area contributed by atoms with Crippen LogP contribution >= 0.6 is 0 Å². The number of hydrazine groups is 1. The van der Waals surface area contributed by atoms with Gasteiger partial charge in [-0.15, -0.1) is 0 Å². The van der Waals surface area contributed by atoms with Crippen LogP contribution in [0, 0.1) is 0 Å². The van der Waals surface area contributed by atoms with Crippen molar-refractivity contribution in [2.24, 2.45) is 0 Å². The lowest BCUT2D eigenvalue weighted by atomic mass is 10.4. The second-order valence-electron chi connectivity index (χ2n) is 3.89. The average molecular weight is 336 g/mol. The first-order valence-corrected chi connectivity index (χ1v) is 9.13. The number of hydrogen-bond donors (Lipinski definition) is 3. The van der Waals surface area contributed by atoms with E-state index in [0.29, 0.717) is 6.54 Å². The minimum Gasteiger partial charge on any atom is -0.380 e. The summed E-state index contributed by atoms with van der Waals surface area (Å²) in [5, 5.41) is 2.47. The molecule has 0 saturated carbocycles. The minimum absolute atomic E-state index is 0.0321. The van der Waals surface area contributed by atoms with Crippen LogP contribution in [-0.4, -0.2) is 42.7 Å². The van der Waals surface area contributed by atoms with Gasteiger partial charge in [0.15, 0.2) is 9.84 Å². The number of hydrogen-bond acceptors (Lipinski definition) is 7. The number of nitrogens with zero attached hydrogens (tertiary/aromatic N) is 1. The molecule has 0 aliphatic carbocycles. The first kappa shape index (κ1) is 17.2. The number of carbonyl (C=O) groups is 1. The molecule has 0 radical (unpaired) electrons. The van der Waals surface area contributed by atoms with Gasteiger partial charge < -0.3 is 9.50 Å². The number of anilines is 1. The fraction of sp³-hybridized carbons (Fsp3) is 0.400. The average Bonchev–Trinajstić information content (AvgIpc) is 2.34. The quantitative estimate of drug-likeness (QED) is 0.614. The molecule has 1 aromatic heterocycles. The molecule has 0 aliphatic heterocycles. The highest BCUT2D eigenvalue weighted by atomic mass is 32.2. The Morgan fingerprint density at radius 2 is 2.10 bits per heavy atom. The number of rotatable bonds is 6. The normalized spacial score (nSPS) is 12.3. The van der Waals surface area contributed by atoms with Crippen molar-refractivity contribution >= 4 is 32.8 Å². The monoisotopic (exact) mass is 336 g/mol. The van der Waals surface area contributed by atoms with Gasteiger partial charge in [-0.1, -0.05) is 0 Å². The number of amides is 2. The number of urea groups is 1. The van der Waals surface area contributed by atoms with Gasteiger partial charge in [-0.2, -0.15) is 4.98 Å². The molecule has 1 unspecified atom stereocenters. The van der Waals surface area contributed by atoms with E-state index >= 15 is 0 Å². The van der Waals surface area contributed by atoms with Crippen molar-refractivity contribution in [3.05, 3.63) is 12.1 Å². The summed E-state index contributed by atoms with van der Waals surface area (Å²) in [6.07, 6.45) is 2.28. The van der Waals surface area contributed by atoms with Crippen molar-refractivity contribution in [2.75, 3.05) is 24.5 Å². The lowest BCUT2D eigenvalue weighted by Crippen LogP contribution is -2.39. The maximum atomic E-state index is 11.6. The molecule has 0 bridgehead atoms. The van der Waals surface area contributed by atoms with Crippen molar-refractivity contribution in [1.82, 2.24) is 15.7 Å². The smallest absolute Gasteiger partial charge is 0.333 e. The molecule has 21 heavy (non-hydrogen) atoms. The lowest BCUT2D eigenvalue weighted by molar-refractivity contribution is 0.243. The number of sulfone groups is 1. The van der Waals surface area contributed by atoms with Crippen LogP contribution in [0.5, 0.6) is 5.88 Å². The molecule has 0 aliphatic rings. The van der Waals surface area contributed by atoms with E-state index in [0.717, 1.165) is 12.3 Å². The Hall–Kier alpha value is -1.88. The predicted molar refractivity (Wildman–Crippen MR) is 77.9 cm³/mol. The van der Waals surface area contributed by atoms with Gasteiger partial charge in [0, 0.05) is 31.2 Å². The van der Waals surface area contributed by atoms with E-state index < -0.39 is 26.9 Å². The molecule has 1 heterocycles. The van der Waals surface area contributed by atoms with Crippen molar-refractivity contribution in [3.8, 4) is 5.88 Å². The van der Waals surface area contributed by atoms with Crippen LogP contribution in [-0.2, 0) is 20.9 Å². The maximum absolute atomic E-state index is 11.6. The summed E-state index contributed by atoms with van der Waals surface area (Å²) in [6, 6.07) is 1.85. The van der Waals surface area contributed by atoms with Crippen molar-refractivity contribution in [2.45, 2.75) is 11.8 Å². The zero-order valence-corrected chi connectivity index (χ0v) is 13.3. The van der Waals surface area contributed by atoms with Crippen LogP contribution in [0.4, 0.5) is 10.6 Å². The van der Waals surface area contributed by atoms with Gasteiger partial charge in [-0.05, 0) is 6.92 Å². The van der Waals surface area contributed by atoms with Crippen LogP contribution < -0.4 is 20.4 Å². The van der Waals surface area contributed by atoms with Crippen molar-refractivity contribution in [3.63, 3.8) is 0 Å². The number of pyridine rings is 1. The molecule has 0 aromatic carbocycles. The minimum atomic E-state index is -3.52. The number of carbonyl (C=O) groups excluding carboxylic acids is 1. The summed E-state index contributed by atoms with van der Waals surface area (Å²) in [5.74, 6) is -0.108. The van der Waals surface area contributed by atoms with E-state index in [2.05, 4.69) is 21.2 Å². The fourth-order valence-corrected chi connectivity index (χ4v) is 2.21. The maximum Gasteiger partial charge on any atom is 0.333 e. The molecule has 2 amide bonds. The molecule has 0 fully saturated rings. The third-order valence-electron chi connectivity index (χ3n) is 2.05. The summed E-state index contributed by atoms with van der Waals surface area (Å²) < 4.78 is 39.1. The van der Waals surface area contributed by atoms with E-state index in [1.165, 1.54) is 12.3 Å². The Morgan fingerprint density at radius 1 is 1.43 bits per heavy atom. The van der Waals surface area contributed by atoms with Gasteiger partial charge in [-0.25, -0.2) is 17.4 Å². The highest BCUT2D eigenvalue weighted by Gasteiger charge is 2.13. The van der Waals surface area contributed by atoms with Crippen LogP contribution in [0.1, 0.15) is 6.92 Å². The topological polar surface area (TPSA) is 126 Å². The van der Waals surface area contributed by atoms with E-state index in [-0.39, 0.29) is 16.6 Å². The highest BCUT2D eigenvalue weighted by Crippen LogP contribution is 2.20. The van der Waals surface area contributed by atoms with Crippen LogP contribution in [0.3, 0.4) is 0 Å². The van der Waals surface area contributed by atoms with Crippen molar-refractivity contribution < 1.29 is 21.6 Å². The molecule has 1 atom stereocenters. The first-order valence-electron chi connectivity index (χ1n) is 5.76. The predicted octanol–water partition coefficient (Wildman–Crippen LogP) is -0.197. The second kappa shape index (κ2) is 7.22. The Balaban J connectivity index is 3.02. The Labute approximate surface area is 125 Å². The summed E-state index contributed by atoms with van der Waals surface area (Å²) >= 11 is -1.66. The van der Waals surface area contributed by atoms with Gasteiger partial charge >= 0.3 is 6.03 Å². The largest absolute Gasteiger partial charge is 0.380 e. The zero-order chi connectivity index (χ0) is 16.0. The number of aromatic nitrogens is 1. The van der Waals surface area contributed by atoms with Crippen LogP contribution in [0.25, 0.3) is 0 Å². The Kier molecular flexibility index (Phi) is 5.90. The Morgan fingerprint density at radius 3 is 2.62 bits per heavy atom. The summed E-state index contributed by atoms with van der Waals surface area (Å²) in [6.45, 7) is 2.16. The van der Waals surface area contributed by atoms with Gasteiger partial charge in [0.25, 0.3) is 0 Å². The second-order valence-corrected chi connectivity index (χ2v) is 6.88. The van der Waals surface area contributed by atoms with Crippen molar-refractivity contribution in [1.29, 1.82) is 0 Å². The summed E-state index contributed by atoms with van der Waals surface area (Å²) in [4.78, 5) is 15.1. The van der Waals surface area contributed by atoms with E-state index in [1.807, 2.05) is 0 Å². The lowest BCUT2D eigenvalue weighted by Gasteiger charge is -2.10. The van der Waals surface area contributed by atoms with Gasteiger partial charge in [0.05, 0.1) is 4.90 Å². The number of nitrogens with one attached hydrogen (secondary N) is 3. The summed E-state index contributed by atoms with van der Waals surface area (Å²) in [5.41, 5.74) is 4.71. The van der Waals surface area contributed by atoms with Crippen LogP contribution in [0.2, 0.25) is 0 Å².